The number of hydrogen-bond donors (Lipinski definition) is 2. The number of carboxylic acid groups (broad SMARTS) is 1. The quantitative estimate of drug-likeness (QED) is 0.820. The summed E-state index contributed by atoms with van der Waals surface area (Å²) in [6.45, 7) is 2.39. The van der Waals surface area contributed by atoms with Crippen LogP contribution < -0.4 is 0 Å². The van der Waals surface area contributed by atoms with Gasteiger partial charge in [0, 0.05) is 18.5 Å². The molecule has 6 heteroatoms. The predicted octanol–water partition coefficient (Wildman–Crippen LogP) is 0.798. The van der Waals surface area contributed by atoms with Crippen molar-refractivity contribution in [1.82, 2.24) is 9.88 Å². The fraction of sp³-hybridized carbons (Fsp3) is 0.600. The molecule has 1 aliphatic rings. The van der Waals surface area contributed by atoms with Crippen LogP contribution in [0.25, 0.3) is 0 Å². The minimum absolute atomic E-state index is 0.122. The minimum Gasteiger partial charge on any atom is -0.476 e. The molecule has 1 fully saturated rings. The van der Waals surface area contributed by atoms with Crippen LogP contribution >= 0.6 is 11.3 Å². The van der Waals surface area contributed by atoms with Crippen molar-refractivity contribution in [2.45, 2.75) is 25.5 Å². The van der Waals surface area contributed by atoms with E-state index in [2.05, 4.69) is 9.88 Å². The standard InChI is InChI=1S/C10H14N2O3S/c13-7-1-3-12(4-2-7)5-9-11-8(6-16-9)10(14)15/h6-7,13H,1-5H2,(H,14,15). The molecule has 0 saturated carbocycles. The van der Waals surface area contributed by atoms with E-state index in [4.69, 9.17) is 5.11 Å². The molecule has 0 aliphatic carbocycles. The molecular formula is C10H14N2O3S. The van der Waals surface area contributed by atoms with Gasteiger partial charge >= 0.3 is 5.97 Å². The van der Waals surface area contributed by atoms with Crippen LogP contribution in [0.2, 0.25) is 0 Å². The van der Waals surface area contributed by atoms with Crippen LogP contribution in [0.3, 0.4) is 0 Å². The highest BCUT2D eigenvalue weighted by molar-refractivity contribution is 7.09. The van der Waals surface area contributed by atoms with Crippen molar-refractivity contribution >= 4 is 17.3 Å². The van der Waals surface area contributed by atoms with Gasteiger partial charge in [0.2, 0.25) is 0 Å². The Bertz CT molecular complexity index is 372. The number of aliphatic hydroxyl groups excluding tert-OH is 1. The summed E-state index contributed by atoms with van der Waals surface area (Å²) < 4.78 is 0. The molecule has 0 radical (unpaired) electrons. The Balaban J connectivity index is 1.91. The van der Waals surface area contributed by atoms with Gasteiger partial charge in [-0.2, -0.15) is 0 Å². The molecule has 1 aromatic heterocycles. The molecule has 2 N–H and O–H groups in total. The van der Waals surface area contributed by atoms with Gasteiger partial charge in [-0.25, -0.2) is 9.78 Å². The Labute approximate surface area is 97.4 Å². The second-order valence-electron chi connectivity index (χ2n) is 3.94. The lowest BCUT2D eigenvalue weighted by Gasteiger charge is -2.28. The second kappa shape index (κ2) is 4.90. The van der Waals surface area contributed by atoms with Gasteiger partial charge in [0.05, 0.1) is 12.6 Å². The van der Waals surface area contributed by atoms with Crippen LogP contribution in [0.5, 0.6) is 0 Å². The molecular weight excluding hydrogens is 228 g/mol. The topological polar surface area (TPSA) is 73.7 Å². The second-order valence-corrected chi connectivity index (χ2v) is 4.88. The van der Waals surface area contributed by atoms with E-state index in [1.54, 1.807) is 5.38 Å². The summed E-state index contributed by atoms with van der Waals surface area (Å²) in [6.07, 6.45) is 1.40. The predicted molar refractivity (Wildman–Crippen MR) is 59.6 cm³/mol. The van der Waals surface area contributed by atoms with Crippen molar-refractivity contribution in [2.75, 3.05) is 13.1 Å². The zero-order valence-corrected chi connectivity index (χ0v) is 9.61. The number of aromatic carboxylic acids is 1. The molecule has 2 rings (SSSR count). The molecule has 0 unspecified atom stereocenters. The number of aromatic nitrogens is 1. The van der Waals surface area contributed by atoms with Gasteiger partial charge in [-0.1, -0.05) is 0 Å². The van der Waals surface area contributed by atoms with Gasteiger partial charge in [-0.05, 0) is 12.8 Å². The van der Waals surface area contributed by atoms with Crippen molar-refractivity contribution in [2.24, 2.45) is 0 Å². The summed E-state index contributed by atoms with van der Waals surface area (Å²) in [7, 11) is 0. The molecule has 2 heterocycles. The fourth-order valence-electron chi connectivity index (χ4n) is 1.75. The molecule has 0 amide bonds. The monoisotopic (exact) mass is 242 g/mol. The van der Waals surface area contributed by atoms with Crippen LogP contribution in [0.4, 0.5) is 0 Å². The number of piperidine rings is 1. The van der Waals surface area contributed by atoms with Gasteiger partial charge in [0.15, 0.2) is 5.69 Å². The van der Waals surface area contributed by atoms with E-state index in [0.717, 1.165) is 30.9 Å². The number of likely N-dealkylation sites (tertiary alicyclic amines) is 1. The third kappa shape index (κ3) is 2.78. The maximum absolute atomic E-state index is 10.6. The zero-order valence-electron chi connectivity index (χ0n) is 8.80. The van der Waals surface area contributed by atoms with Crippen LogP contribution in [0.1, 0.15) is 28.3 Å². The molecule has 1 aliphatic heterocycles. The summed E-state index contributed by atoms with van der Waals surface area (Å²) in [6, 6.07) is 0. The molecule has 1 aromatic rings. The number of carbonyl (C=O) groups is 1. The lowest BCUT2D eigenvalue weighted by molar-refractivity contribution is 0.0690. The van der Waals surface area contributed by atoms with Crippen molar-refractivity contribution in [3.63, 3.8) is 0 Å². The van der Waals surface area contributed by atoms with Crippen LogP contribution in [0.15, 0.2) is 5.38 Å². The fourth-order valence-corrected chi connectivity index (χ4v) is 2.56. The van der Waals surface area contributed by atoms with Gasteiger partial charge in [0.25, 0.3) is 0 Å². The van der Waals surface area contributed by atoms with Crippen molar-refractivity contribution < 1.29 is 15.0 Å². The summed E-state index contributed by atoms with van der Waals surface area (Å²) in [5, 5.41) is 20.5. The third-order valence-electron chi connectivity index (χ3n) is 2.69. The van der Waals surface area contributed by atoms with Crippen molar-refractivity contribution in [3.05, 3.63) is 16.1 Å². The van der Waals surface area contributed by atoms with Crippen LogP contribution in [0, 0.1) is 0 Å². The largest absolute Gasteiger partial charge is 0.476 e. The van der Waals surface area contributed by atoms with Gasteiger partial charge in [-0.15, -0.1) is 11.3 Å². The van der Waals surface area contributed by atoms with Crippen LogP contribution in [-0.4, -0.2) is 45.3 Å². The first-order chi connectivity index (χ1) is 7.65. The third-order valence-corrected chi connectivity index (χ3v) is 3.52. The van der Waals surface area contributed by atoms with Crippen LogP contribution in [-0.2, 0) is 6.54 Å². The van der Waals surface area contributed by atoms with E-state index in [-0.39, 0.29) is 11.8 Å². The minimum atomic E-state index is -0.975. The van der Waals surface area contributed by atoms with Crippen molar-refractivity contribution in [1.29, 1.82) is 0 Å². The summed E-state index contributed by atoms with van der Waals surface area (Å²) in [5.41, 5.74) is 0.122. The van der Waals surface area contributed by atoms with E-state index in [0.29, 0.717) is 6.54 Å². The summed E-state index contributed by atoms with van der Waals surface area (Å²) in [5.74, 6) is -0.975. The number of thiazole rings is 1. The molecule has 0 atom stereocenters. The molecule has 0 spiro atoms. The van der Waals surface area contributed by atoms with E-state index >= 15 is 0 Å². The molecule has 1 saturated heterocycles. The summed E-state index contributed by atoms with van der Waals surface area (Å²) >= 11 is 1.38. The number of aliphatic hydroxyl groups is 1. The molecule has 0 bridgehead atoms. The molecule has 16 heavy (non-hydrogen) atoms. The Morgan fingerprint density at radius 2 is 2.25 bits per heavy atom. The van der Waals surface area contributed by atoms with E-state index in [1.165, 1.54) is 11.3 Å². The normalized spacial score (nSPS) is 18.8. The highest BCUT2D eigenvalue weighted by Gasteiger charge is 2.18. The molecule has 5 nitrogen and oxygen atoms in total. The van der Waals surface area contributed by atoms with Crippen molar-refractivity contribution in [3.8, 4) is 0 Å². The Hall–Kier alpha value is -0.980. The SMILES string of the molecule is O=C(O)c1csc(CN2CCC(O)CC2)n1. The maximum atomic E-state index is 10.6. The molecule has 88 valence electrons. The molecule has 0 aromatic carbocycles. The van der Waals surface area contributed by atoms with E-state index in [1.807, 2.05) is 0 Å². The Morgan fingerprint density at radius 1 is 1.56 bits per heavy atom. The number of nitrogens with zero attached hydrogens (tertiary/aromatic N) is 2. The smallest absolute Gasteiger partial charge is 0.355 e. The maximum Gasteiger partial charge on any atom is 0.355 e. The first-order valence-electron chi connectivity index (χ1n) is 5.23. The van der Waals surface area contributed by atoms with Gasteiger partial charge in [0.1, 0.15) is 5.01 Å². The first kappa shape index (κ1) is 11.5. The highest BCUT2D eigenvalue weighted by Crippen LogP contribution is 2.16. The number of hydrogen-bond acceptors (Lipinski definition) is 5. The zero-order chi connectivity index (χ0) is 11.5. The average Bonchev–Trinajstić information content (AvgIpc) is 2.70. The summed E-state index contributed by atoms with van der Waals surface area (Å²) in [4.78, 5) is 16.9. The first-order valence-corrected chi connectivity index (χ1v) is 6.11. The Morgan fingerprint density at radius 3 is 2.81 bits per heavy atom. The van der Waals surface area contributed by atoms with E-state index < -0.39 is 5.97 Å². The lowest BCUT2D eigenvalue weighted by Crippen LogP contribution is -2.35. The lowest BCUT2D eigenvalue weighted by atomic mass is 10.1. The van der Waals surface area contributed by atoms with E-state index in [9.17, 15) is 9.90 Å². The van der Waals surface area contributed by atoms with Gasteiger partial charge < -0.3 is 10.2 Å². The number of carboxylic acids is 1. The average molecular weight is 242 g/mol. The Kier molecular flexibility index (Phi) is 3.52. The highest BCUT2D eigenvalue weighted by atomic mass is 32.1. The van der Waals surface area contributed by atoms with Gasteiger partial charge in [-0.3, -0.25) is 4.90 Å². The number of rotatable bonds is 3.